The molecule has 0 atom stereocenters. The first-order chi connectivity index (χ1) is 7.29. The molecular formula is C12H18N3. The van der Waals surface area contributed by atoms with Gasteiger partial charge >= 0.3 is 0 Å². The van der Waals surface area contributed by atoms with Crippen LogP contribution in [0.3, 0.4) is 0 Å². The highest BCUT2D eigenvalue weighted by molar-refractivity contribution is 5.49. The molecule has 1 fully saturated rings. The molecule has 1 aromatic carbocycles. The number of benzene rings is 1. The van der Waals surface area contributed by atoms with E-state index in [1.54, 1.807) is 0 Å². The second-order valence-electron chi connectivity index (χ2n) is 3.98. The third-order valence-electron chi connectivity index (χ3n) is 2.88. The predicted molar refractivity (Wildman–Crippen MR) is 63.5 cm³/mol. The molecule has 3 heteroatoms. The molecular weight excluding hydrogens is 186 g/mol. The molecule has 0 unspecified atom stereocenters. The molecule has 0 aliphatic carbocycles. The van der Waals surface area contributed by atoms with Gasteiger partial charge in [-0.25, -0.2) is 0 Å². The van der Waals surface area contributed by atoms with E-state index in [9.17, 15) is 0 Å². The van der Waals surface area contributed by atoms with Gasteiger partial charge in [-0.3, -0.25) is 4.90 Å². The third kappa shape index (κ3) is 2.49. The Hall–Kier alpha value is -1.06. The lowest BCUT2D eigenvalue weighted by Gasteiger charge is -2.34. The van der Waals surface area contributed by atoms with Gasteiger partial charge in [-0.1, -0.05) is 12.1 Å². The molecule has 0 saturated carbocycles. The first kappa shape index (κ1) is 10.5. The summed E-state index contributed by atoms with van der Waals surface area (Å²) in [5.41, 5.74) is 8.12. The van der Waals surface area contributed by atoms with Gasteiger partial charge in [0, 0.05) is 45.5 Å². The zero-order valence-electron chi connectivity index (χ0n) is 9.02. The number of nitrogens with zero attached hydrogens (tertiary/aromatic N) is 2. The molecule has 1 aromatic rings. The van der Waals surface area contributed by atoms with Crippen LogP contribution in [0, 0.1) is 7.05 Å². The molecule has 1 heterocycles. The van der Waals surface area contributed by atoms with Crippen LogP contribution in [0.25, 0.3) is 0 Å². The van der Waals surface area contributed by atoms with Crippen molar-refractivity contribution in [3.05, 3.63) is 36.9 Å². The van der Waals surface area contributed by atoms with Crippen LogP contribution in [0.1, 0.15) is 5.56 Å². The zero-order chi connectivity index (χ0) is 10.7. The van der Waals surface area contributed by atoms with Crippen LogP contribution in [0.15, 0.2) is 24.3 Å². The standard InChI is InChI=1S/C12H18N3/c1-14-5-7-15(8-6-14)12-4-2-3-11(9-12)10-13/h2-4,9H,1,5-8,10,13H2. The molecule has 1 radical (unpaired) electrons. The number of hydrogen-bond donors (Lipinski definition) is 1. The minimum atomic E-state index is 0.614. The summed E-state index contributed by atoms with van der Waals surface area (Å²) in [7, 11) is 3.95. The Morgan fingerprint density at radius 3 is 2.60 bits per heavy atom. The van der Waals surface area contributed by atoms with E-state index < -0.39 is 0 Å². The van der Waals surface area contributed by atoms with Gasteiger partial charge in [-0.05, 0) is 17.7 Å². The fourth-order valence-corrected chi connectivity index (χ4v) is 1.89. The van der Waals surface area contributed by atoms with Crippen molar-refractivity contribution in [2.24, 2.45) is 5.73 Å². The molecule has 0 amide bonds. The second-order valence-corrected chi connectivity index (χ2v) is 3.98. The van der Waals surface area contributed by atoms with Gasteiger partial charge in [-0.2, -0.15) is 0 Å². The molecule has 1 aliphatic rings. The normalized spacial score (nSPS) is 18.1. The lowest BCUT2D eigenvalue weighted by molar-refractivity contribution is 0.344. The lowest BCUT2D eigenvalue weighted by atomic mass is 10.1. The molecule has 0 spiro atoms. The van der Waals surface area contributed by atoms with Crippen LogP contribution in [-0.4, -0.2) is 31.1 Å². The molecule has 81 valence electrons. The highest BCUT2D eigenvalue weighted by Gasteiger charge is 2.13. The van der Waals surface area contributed by atoms with Crippen molar-refractivity contribution >= 4 is 5.69 Å². The Morgan fingerprint density at radius 1 is 1.20 bits per heavy atom. The van der Waals surface area contributed by atoms with Crippen molar-refractivity contribution in [2.45, 2.75) is 6.54 Å². The van der Waals surface area contributed by atoms with E-state index in [-0.39, 0.29) is 0 Å². The van der Waals surface area contributed by atoms with Gasteiger partial charge in [0.2, 0.25) is 0 Å². The average Bonchev–Trinajstić information content (AvgIpc) is 2.30. The maximum atomic E-state index is 5.63. The molecule has 0 bridgehead atoms. The molecule has 3 nitrogen and oxygen atoms in total. The molecule has 15 heavy (non-hydrogen) atoms. The molecule has 1 aliphatic heterocycles. The highest BCUT2D eigenvalue weighted by atomic mass is 15.2. The van der Waals surface area contributed by atoms with E-state index in [2.05, 4.69) is 41.1 Å². The van der Waals surface area contributed by atoms with Gasteiger partial charge < -0.3 is 10.6 Å². The fraction of sp³-hybridized carbons (Fsp3) is 0.417. The molecule has 0 aromatic heterocycles. The van der Waals surface area contributed by atoms with E-state index in [1.165, 1.54) is 11.3 Å². The number of nitrogens with two attached hydrogens (primary N) is 1. The number of rotatable bonds is 2. The third-order valence-corrected chi connectivity index (χ3v) is 2.88. The Kier molecular flexibility index (Phi) is 3.23. The van der Waals surface area contributed by atoms with Crippen LogP contribution >= 0.6 is 0 Å². The SMILES string of the molecule is [CH2]N1CCN(c2cccc(CN)c2)CC1. The maximum absolute atomic E-state index is 5.63. The summed E-state index contributed by atoms with van der Waals surface area (Å²) in [6.07, 6.45) is 0. The summed E-state index contributed by atoms with van der Waals surface area (Å²) >= 11 is 0. The largest absolute Gasteiger partial charge is 0.369 e. The summed E-state index contributed by atoms with van der Waals surface area (Å²) < 4.78 is 0. The topological polar surface area (TPSA) is 32.5 Å². The van der Waals surface area contributed by atoms with E-state index in [1.807, 2.05) is 0 Å². The fourth-order valence-electron chi connectivity index (χ4n) is 1.89. The highest BCUT2D eigenvalue weighted by Crippen LogP contribution is 2.17. The van der Waals surface area contributed by atoms with Crippen molar-refractivity contribution in [3.8, 4) is 0 Å². The van der Waals surface area contributed by atoms with Crippen molar-refractivity contribution in [2.75, 3.05) is 31.1 Å². The van der Waals surface area contributed by atoms with E-state index in [0.29, 0.717) is 6.54 Å². The summed E-state index contributed by atoms with van der Waals surface area (Å²) in [5, 5.41) is 0. The number of hydrogen-bond acceptors (Lipinski definition) is 3. The monoisotopic (exact) mass is 204 g/mol. The summed E-state index contributed by atoms with van der Waals surface area (Å²) in [6, 6.07) is 8.48. The summed E-state index contributed by atoms with van der Waals surface area (Å²) in [4.78, 5) is 4.50. The van der Waals surface area contributed by atoms with Crippen molar-refractivity contribution in [1.82, 2.24) is 4.90 Å². The predicted octanol–water partition coefficient (Wildman–Crippen LogP) is 1.06. The summed E-state index contributed by atoms with van der Waals surface area (Å²) in [5.74, 6) is 0. The quantitative estimate of drug-likeness (QED) is 0.782. The Balaban J connectivity index is 2.08. The minimum absolute atomic E-state index is 0.614. The van der Waals surface area contributed by atoms with Crippen molar-refractivity contribution < 1.29 is 0 Å². The number of piperazine rings is 1. The van der Waals surface area contributed by atoms with Gasteiger partial charge in [-0.15, -0.1) is 0 Å². The first-order valence-electron chi connectivity index (χ1n) is 5.39. The van der Waals surface area contributed by atoms with Crippen molar-refractivity contribution in [1.29, 1.82) is 0 Å². The van der Waals surface area contributed by atoms with Crippen molar-refractivity contribution in [3.63, 3.8) is 0 Å². The van der Waals surface area contributed by atoms with Crippen LogP contribution in [-0.2, 0) is 6.54 Å². The zero-order valence-corrected chi connectivity index (χ0v) is 9.02. The molecule has 2 rings (SSSR count). The molecule has 2 N–H and O–H groups in total. The smallest absolute Gasteiger partial charge is 0.0370 e. The Bertz CT molecular complexity index is 316. The van der Waals surface area contributed by atoms with Gasteiger partial charge in [0.05, 0.1) is 0 Å². The van der Waals surface area contributed by atoms with Crippen LogP contribution in [0.2, 0.25) is 0 Å². The average molecular weight is 204 g/mol. The lowest BCUT2D eigenvalue weighted by Crippen LogP contribution is -2.43. The van der Waals surface area contributed by atoms with Crippen LogP contribution < -0.4 is 10.6 Å². The summed E-state index contributed by atoms with van der Waals surface area (Å²) in [6.45, 7) is 4.79. The second kappa shape index (κ2) is 4.64. The first-order valence-corrected chi connectivity index (χ1v) is 5.39. The molecule has 1 saturated heterocycles. The van der Waals surface area contributed by atoms with E-state index in [4.69, 9.17) is 5.73 Å². The van der Waals surface area contributed by atoms with Gasteiger partial charge in [0.25, 0.3) is 0 Å². The van der Waals surface area contributed by atoms with Crippen LogP contribution in [0.5, 0.6) is 0 Å². The van der Waals surface area contributed by atoms with Gasteiger partial charge in [0.15, 0.2) is 0 Å². The van der Waals surface area contributed by atoms with E-state index in [0.717, 1.165) is 26.2 Å². The minimum Gasteiger partial charge on any atom is -0.369 e. The Morgan fingerprint density at radius 2 is 1.93 bits per heavy atom. The van der Waals surface area contributed by atoms with Crippen LogP contribution in [0.4, 0.5) is 5.69 Å². The Labute approximate surface area is 91.5 Å². The van der Waals surface area contributed by atoms with Gasteiger partial charge in [0.1, 0.15) is 0 Å². The maximum Gasteiger partial charge on any atom is 0.0370 e. The van der Waals surface area contributed by atoms with E-state index >= 15 is 0 Å². The number of anilines is 1.